The first-order chi connectivity index (χ1) is 13.3. The summed E-state index contributed by atoms with van der Waals surface area (Å²) in [5, 5.41) is 7.60. The van der Waals surface area contributed by atoms with Crippen LogP contribution in [0.1, 0.15) is 25.1 Å². The minimum atomic E-state index is -0.169. The van der Waals surface area contributed by atoms with Crippen molar-refractivity contribution in [1.82, 2.24) is 19.6 Å². The molecule has 150 valence electrons. The maximum atomic E-state index is 12.8. The summed E-state index contributed by atoms with van der Waals surface area (Å²) < 4.78 is 2.74. The summed E-state index contributed by atoms with van der Waals surface area (Å²) in [5.41, 5.74) is 2.68. The number of carbonyl (C=O) groups is 2. The monoisotopic (exact) mass is 447 g/mol. The molecule has 1 aromatic carbocycles. The predicted octanol–water partition coefficient (Wildman–Crippen LogP) is 3.58. The molecular formula is C20H26BrN5O2. The van der Waals surface area contributed by atoms with Crippen LogP contribution in [0.3, 0.4) is 0 Å². The van der Waals surface area contributed by atoms with E-state index >= 15 is 0 Å². The van der Waals surface area contributed by atoms with Gasteiger partial charge in [-0.1, -0.05) is 29.8 Å². The molecule has 3 amide bonds. The third kappa shape index (κ3) is 4.22. The van der Waals surface area contributed by atoms with Gasteiger partial charge in [0.2, 0.25) is 5.91 Å². The van der Waals surface area contributed by atoms with E-state index in [9.17, 15) is 9.59 Å². The Morgan fingerprint density at radius 1 is 1.04 bits per heavy atom. The summed E-state index contributed by atoms with van der Waals surface area (Å²) in [4.78, 5) is 28.5. The molecule has 2 aromatic rings. The van der Waals surface area contributed by atoms with E-state index in [0.717, 1.165) is 21.4 Å². The largest absolute Gasteiger partial charge is 0.339 e. The average molecular weight is 448 g/mol. The smallest absolute Gasteiger partial charge is 0.323 e. The Kier molecular flexibility index (Phi) is 6.07. The number of carbonyl (C=O) groups excluding carboxylic acids is 2. The van der Waals surface area contributed by atoms with Gasteiger partial charge in [0.25, 0.3) is 0 Å². The zero-order valence-corrected chi connectivity index (χ0v) is 18.3. The molecule has 0 saturated carbocycles. The molecule has 0 bridgehead atoms. The first-order valence-electron chi connectivity index (χ1n) is 9.44. The summed E-state index contributed by atoms with van der Waals surface area (Å²) in [6, 6.07) is 7.61. The van der Waals surface area contributed by atoms with Gasteiger partial charge in [-0.25, -0.2) is 9.48 Å². The molecule has 0 unspecified atom stereocenters. The summed E-state index contributed by atoms with van der Waals surface area (Å²) in [5.74, 6) is 0.789. The molecule has 3 rings (SSSR count). The summed E-state index contributed by atoms with van der Waals surface area (Å²) in [6.45, 7) is 9.85. The van der Waals surface area contributed by atoms with Gasteiger partial charge in [-0.3, -0.25) is 10.1 Å². The van der Waals surface area contributed by atoms with E-state index in [-0.39, 0.29) is 17.9 Å². The zero-order chi connectivity index (χ0) is 20.4. The first kappa shape index (κ1) is 20.4. The third-order valence-electron chi connectivity index (χ3n) is 5.03. The number of rotatable bonds is 3. The van der Waals surface area contributed by atoms with Crippen molar-refractivity contribution in [2.75, 3.05) is 31.5 Å². The van der Waals surface area contributed by atoms with Crippen LogP contribution in [0.5, 0.6) is 0 Å². The summed E-state index contributed by atoms with van der Waals surface area (Å²) in [6.07, 6.45) is 0. The van der Waals surface area contributed by atoms with E-state index in [2.05, 4.69) is 26.3 Å². The standard InChI is InChI=1S/C20H26BrN5O2/c1-13(2)19(27)24-9-11-25(12-10-24)20(28)22-18-14(3)15(4)23-26(18)17-7-5-16(21)6-8-17/h5-8,13H,9-12H2,1-4H3,(H,22,28). The minimum absolute atomic E-state index is 0.0220. The third-order valence-corrected chi connectivity index (χ3v) is 5.56. The SMILES string of the molecule is Cc1nn(-c2ccc(Br)cc2)c(NC(=O)N2CCN(C(=O)C(C)C)CC2)c1C. The number of hydrogen-bond acceptors (Lipinski definition) is 3. The maximum Gasteiger partial charge on any atom is 0.323 e. The van der Waals surface area contributed by atoms with Gasteiger partial charge in [-0.2, -0.15) is 5.10 Å². The van der Waals surface area contributed by atoms with E-state index in [0.29, 0.717) is 32.0 Å². The van der Waals surface area contributed by atoms with Gasteiger partial charge >= 0.3 is 6.03 Å². The molecule has 0 radical (unpaired) electrons. The van der Waals surface area contributed by atoms with Gasteiger partial charge in [0.1, 0.15) is 5.82 Å². The molecule has 8 heteroatoms. The number of urea groups is 1. The number of aryl methyl sites for hydroxylation is 1. The molecule has 1 aliphatic heterocycles. The van der Waals surface area contributed by atoms with Crippen molar-refractivity contribution < 1.29 is 9.59 Å². The molecule has 1 saturated heterocycles. The normalized spacial score (nSPS) is 14.5. The molecule has 1 aromatic heterocycles. The van der Waals surface area contributed by atoms with Crippen LogP contribution in [0.4, 0.5) is 10.6 Å². The molecule has 2 heterocycles. The van der Waals surface area contributed by atoms with Gasteiger partial charge in [-0.05, 0) is 38.1 Å². The highest BCUT2D eigenvalue weighted by Crippen LogP contribution is 2.24. The predicted molar refractivity (Wildman–Crippen MR) is 113 cm³/mol. The summed E-state index contributed by atoms with van der Waals surface area (Å²) in [7, 11) is 0. The fourth-order valence-corrected chi connectivity index (χ4v) is 3.46. The minimum Gasteiger partial charge on any atom is -0.339 e. The van der Waals surface area contributed by atoms with Crippen LogP contribution in [0.2, 0.25) is 0 Å². The van der Waals surface area contributed by atoms with Crippen LogP contribution in [0.25, 0.3) is 5.69 Å². The Balaban J connectivity index is 1.73. The lowest BCUT2D eigenvalue weighted by molar-refractivity contribution is -0.135. The number of nitrogens with zero attached hydrogens (tertiary/aromatic N) is 4. The van der Waals surface area contributed by atoms with E-state index in [1.54, 1.807) is 9.58 Å². The average Bonchev–Trinajstić information content (AvgIpc) is 2.96. The van der Waals surface area contributed by atoms with Crippen LogP contribution in [0, 0.1) is 19.8 Å². The molecule has 28 heavy (non-hydrogen) atoms. The van der Waals surface area contributed by atoms with E-state index in [1.807, 2.05) is 56.9 Å². The van der Waals surface area contributed by atoms with Crippen molar-refractivity contribution >= 4 is 33.7 Å². The lowest BCUT2D eigenvalue weighted by Gasteiger charge is -2.35. The van der Waals surface area contributed by atoms with Gasteiger partial charge < -0.3 is 9.80 Å². The van der Waals surface area contributed by atoms with Gasteiger partial charge in [0.05, 0.1) is 11.4 Å². The fraction of sp³-hybridized carbons (Fsp3) is 0.450. The van der Waals surface area contributed by atoms with Gasteiger partial charge in [-0.15, -0.1) is 0 Å². The maximum absolute atomic E-state index is 12.8. The number of hydrogen-bond donors (Lipinski definition) is 1. The number of halogens is 1. The highest BCUT2D eigenvalue weighted by Gasteiger charge is 2.26. The molecule has 0 atom stereocenters. The van der Waals surface area contributed by atoms with Crippen LogP contribution in [-0.4, -0.2) is 57.7 Å². The van der Waals surface area contributed by atoms with E-state index in [1.165, 1.54) is 0 Å². The summed E-state index contributed by atoms with van der Waals surface area (Å²) >= 11 is 3.44. The van der Waals surface area contributed by atoms with Crippen molar-refractivity contribution in [2.45, 2.75) is 27.7 Å². The number of anilines is 1. The van der Waals surface area contributed by atoms with Crippen molar-refractivity contribution in [2.24, 2.45) is 5.92 Å². The van der Waals surface area contributed by atoms with E-state index in [4.69, 9.17) is 0 Å². The van der Waals surface area contributed by atoms with Crippen LogP contribution < -0.4 is 5.32 Å². The molecule has 1 N–H and O–H groups in total. The fourth-order valence-electron chi connectivity index (χ4n) is 3.20. The van der Waals surface area contributed by atoms with Crippen molar-refractivity contribution in [3.8, 4) is 5.69 Å². The second-order valence-corrected chi connectivity index (χ2v) is 8.26. The van der Waals surface area contributed by atoms with Crippen molar-refractivity contribution in [3.63, 3.8) is 0 Å². The number of piperazine rings is 1. The number of amides is 3. The van der Waals surface area contributed by atoms with E-state index < -0.39 is 0 Å². The Bertz CT molecular complexity index is 867. The molecule has 1 aliphatic rings. The second kappa shape index (κ2) is 8.34. The van der Waals surface area contributed by atoms with Crippen molar-refractivity contribution in [3.05, 3.63) is 40.0 Å². The van der Waals surface area contributed by atoms with Crippen LogP contribution in [0.15, 0.2) is 28.7 Å². The lowest BCUT2D eigenvalue weighted by Crippen LogP contribution is -2.52. The molecule has 0 aliphatic carbocycles. The molecule has 1 fully saturated rings. The number of aromatic nitrogens is 2. The van der Waals surface area contributed by atoms with Gasteiger partial charge in [0, 0.05) is 42.1 Å². The van der Waals surface area contributed by atoms with Crippen LogP contribution >= 0.6 is 15.9 Å². The Morgan fingerprint density at radius 3 is 2.18 bits per heavy atom. The first-order valence-corrected chi connectivity index (χ1v) is 10.2. The quantitative estimate of drug-likeness (QED) is 0.781. The number of nitrogens with one attached hydrogen (secondary N) is 1. The Hall–Kier alpha value is -2.35. The van der Waals surface area contributed by atoms with Crippen LogP contribution in [-0.2, 0) is 4.79 Å². The zero-order valence-electron chi connectivity index (χ0n) is 16.7. The Morgan fingerprint density at radius 2 is 1.61 bits per heavy atom. The number of benzene rings is 1. The topological polar surface area (TPSA) is 70.5 Å². The second-order valence-electron chi connectivity index (χ2n) is 7.34. The highest BCUT2D eigenvalue weighted by molar-refractivity contribution is 9.10. The Labute approximate surface area is 173 Å². The molecule has 0 spiro atoms. The molecule has 7 nitrogen and oxygen atoms in total. The lowest BCUT2D eigenvalue weighted by atomic mass is 10.1. The molecular weight excluding hydrogens is 422 g/mol. The van der Waals surface area contributed by atoms with Crippen molar-refractivity contribution in [1.29, 1.82) is 0 Å². The highest BCUT2D eigenvalue weighted by atomic mass is 79.9. The van der Waals surface area contributed by atoms with Gasteiger partial charge in [0.15, 0.2) is 0 Å².